The number of amides is 1. The standard InChI is InChI=1S/C20H26ClN3O2/c1-12(2)17(18(25)14-7-9-15(21)10-8-14)22-19(26)16-11-13(3)23-24(16)20(4,5)6/h7-12,17H,1-6H3,(H,22,26). The van der Waals surface area contributed by atoms with Crippen molar-refractivity contribution in [3.63, 3.8) is 0 Å². The molecule has 0 saturated carbocycles. The van der Waals surface area contributed by atoms with Crippen molar-refractivity contribution in [1.29, 1.82) is 0 Å². The van der Waals surface area contributed by atoms with Crippen molar-refractivity contribution in [2.75, 3.05) is 0 Å². The molecule has 1 aromatic carbocycles. The summed E-state index contributed by atoms with van der Waals surface area (Å²) in [5.41, 5.74) is 1.39. The molecule has 140 valence electrons. The number of halogens is 1. The molecule has 1 atom stereocenters. The zero-order valence-corrected chi connectivity index (χ0v) is 16.9. The fourth-order valence-electron chi connectivity index (χ4n) is 2.72. The number of hydrogen-bond acceptors (Lipinski definition) is 3. The smallest absolute Gasteiger partial charge is 0.270 e. The molecular formula is C20H26ClN3O2. The highest BCUT2D eigenvalue weighted by Gasteiger charge is 2.29. The van der Waals surface area contributed by atoms with Crippen LogP contribution in [0.4, 0.5) is 0 Å². The minimum atomic E-state index is -0.632. The van der Waals surface area contributed by atoms with E-state index in [0.29, 0.717) is 16.3 Å². The molecule has 0 aliphatic heterocycles. The number of hydrogen-bond donors (Lipinski definition) is 1. The monoisotopic (exact) mass is 375 g/mol. The van der Waals surface area contributed by atoms with Gasteiger partial charge in [-0.15, -0.1) is 0 Å². The molecule has 1 N–H and O–H groups in total. The van der Waals surface area contributed by atoms with Crippen LogP contribution in [0, 0.1) is 12.8 Å². The first kappa shape index (κ1) is 20.2. The molecule has 0 bridgehead atoms. The highest BCUT2D eigenvalue weighted by Crippen LogP contribution is 2.19. The molecule has 5 nitrogen and oxygen atoms in total. The summed E-state index contributed by atoms with van der Waals surface area (Å²) in [5, 5.41) is 7.88. The van der Waals surface area contributed by atoms with Gasteiger partial charge in [-0.2, -0.15) is 5.10 Å². The zero-order valence-electron chi connectivity index (χ0n) is 16.1. The number of ketones is 1. The Labute approximate surface area is 159 Å². The van der Waals surface area contributed by atoms with Crippen molar-refractivity contribution in [3.05, 3.63) is 52.3 Å². The number of aryl methyl sites for hydroxylation is 1. The van der Waals surface area contributed by atoms with E-state index in [9.17, 15) is 9.59 Å². The van der Waals surface area contributed by atoms with E-state index < -0.39 is 6.04 Å². The normalized spacial score (nSPS) is 12.9. The van der Waals surface area contributed by atoms with Gasteiger partial charge >= 0.3 is 0 Å². The van der Waals surface area contributed by atoms with Crippen molar-refractivity contribution in [3.8, 4) is 0 Å². The van der Waals surface area contributed by atoms with Crippen LogP contribution in [0.3, 0.4) is 0 Å². The van der Waals surface area contributed by atoms with Crippen LogP contribution >= 0.6 is 11.6 Å². The molecule has 0 fully saturated rings. The number of rotatable bonds is 5. The number of nitrogens with zero attached hydrogens (tertiary/aromatic N) is 2. The lowest BCUT2D eigenvalue weighted by atomic mass is 9.94. The number of nitrogens with one attached hydrogen (secondary N) is 1. The fourth-order valence-corrected chi connectivity index (χ4v) is 2.84. The average Bonchev–Trinajstić information content (AvgIpc) is 2.94. The van der Waals surface area contributed by atoms with Gasteiger partial charge in [0.05, 0.1) is 17.3 Å². The molecule has 2 aromatic rings. The molecule has 0 radical (unpaired) electrons. The Kier molecular flexibility index (Phi) is 5.91. The first-order valence-electron chi connectivity index (χ1n) is 8.68. The number of aromatic nitrogens is 2. The fraction of sp³-hybridized carbons (Fsp3) is 0.450. The maximum Gasteiger partial charge on any atom is 0.270 e. The minimum absolute atomic E-state index is 0.0609. The maximum absolute atomic E-state index is 12.9. The molecule has 0 spiro atoms. The summed E-state index contributed by atoms with van der Waals surface area (Å²) in [6.07, 6.45) is 0. The van der Waals surface area contributed by atoms with E-state index in [2.05, 4.69) is 10.4 Å². The average molecular weight is 376 g/mol. The molecular weight excluding hydrogens is 350 g/mol. The topological polar surface area (TPSA) is 64.0 Å². The van der Waals surface area contributed by atoms with Crippen LogP contribution in [0.5, 0.6) is 0 Å². The van der Waals surface area contributed by atoms with Gasteiger partial charge in [0.2, 0.25) is 0 Å². The van der Waals surface area contributed by atoms with Gasteiger partial charge in [-0.05, 0) is 63.9 Å². The van der Waals surface area contributed by atoms with E-state index in [1.54, 1.807) is 35.0 Å². The summed E-state index contributed by atoms with van der Waals surface area (Å²) in [4.78, 5) is 25.8. The molecule has 0 saturated heterocycles. The van der Waals surface area contributed by atoms with Gasteiger partial charge in [-0.3, -0.25) is 14.3 Å². The van der Waals surface area contributed by atoms with Crippen molar-refractivity contribution >= 4 is 23.3 Å². The minimum Gasteiger partial charge on any atom is -0.340 e. The first-order valence-corrected chi connectivity index (χ1v) is 9.06. The summed E-state index contributed by atoms with van der Waals surface area (Å²) in [6, 6.07) is 7.81. The second-order valence-electron chi connectivity index (χ2n) is 7.82. The van der Waals surface area contributed by atoms with Gasteiger partial charge in [0.25, 0.3) is 5.91 Å². The zero-order chi connectivity index (χ0) is 19.6. The summed E-state index contributed by atoms with van der Waals surface area (Å²) in [5.74, 6) is -0.501. The van der Waals surface area contributed by atoms with Crippen LogP contribution in [0.2, 0.25) is 5.02 Å². The summed E-state index contributed by atoms with van der Waals surface area (Å²) in [7, 11) is 0. The van der Waals surface area contributed by atoms with Crippen LogP contribution < -0.4 is 5.32 Å². The number of Topliss-reactive ketones (excluding diaryl/α,β-unsaturated/α-hetero) is 1. The van der Waals surface area contributed by atoms with E-state index in [1.165, 1.54) is 0 Å². The van der Waals surface area contributed by atoms with E-state index in [-0.39, 0.29) is 23.1 Å². The lowest BCUT2D eigenvalue weighted by molar-refractivity contribution is 0.0822. The van der Waals surface area contributed by atoms with Crippen molar-refractivity contribution in [2.45, 2.75) is 53.1 Å². The number of benzene rings is 1. The van der Waals surface area contributed by atoms with Gasteiger partial charge in [0, 0.05) is 10.6 Å². The number of carbonyl (C=O) groups is 2. The van der Waals surface area contributed by atoms with Crippen LogP contribution in [0.15, 0.2) is 30.3 Å². The molecule has 1 unspecified atom stereocenters. The van der Waals surface area contributed by atoms with Crippen LogP contribution in [0.25, 0.3) is 0 Å². The van der Waals surface area contributed by atoms with E-state index in [4.69, 9.17) is 11.6 Å². The second kappa shape index (κ2) is 7.62. The lowest BCUT2D eigenvalue weighted by Gasteiger charge is -2.25. The van der Waals surface area contributed by atoms with Crippen LogP contribution in [-0.4, -0.2) is 27.5 Å². The summed E-state index contributed by atoms with van der Waals surface area (Å²) in [6.45, 7) is 11.6. The first-order chi connectivity index (χ1) is 12.0. The highest BCUT2D eigenvalue weighted by atomic mass is 35.5. The second-order valence-corrected chi connectivity index (χ2v) is 8.26. The van der Waals surface area contributed by atoms with Crippen molar-refractivity contribution in [1.82, 2.24) is 15.1 Å². The Morgan fingerprint density at radius 2 is 1.73 bits per heavy atom. The molecule has 1 aromatic heterocycles. The number of carbonyl (C=O) groups excluding carboxylic acids is 2. The molecule has 1 amide bonds. The third kappa shape index (κ3) is 4.52. The molecule has 1 heterocycles. The molecule has 0 aliphatic carbocycles. The van der Waals surface area contributed by atoms with Crippen LogP contribution in [-0.2, 0) is 5.54 Å². The Balaban J connectivity index is 2.29. The molecule has 6 heteroatoms. The van der Waals surface area contributed by atoms with E-state index >= 15 is 0 Å². The third-order valence-electron chi connectivity index (χ3n) is 4.06. The summed E-state index contributed by atoms with van der Waals surface area (Å²) < 4.78 is 1.70. The SMILES string of the molecule is Cc1cc(C(=O)NC(C(=O)c2ccc(Cl)cc2)C(C)C)n(C(C)(C)C)n1. The predicted octanol–water partition coefficient (Wildman–Crippen LogP) is 4.24. The Morgan fingerprint density at radius 3 is 2.23 bits per heavy atom. The van der Waals surface area contributed by atoms with Crippen molar-refractivity contribution < 1.29 is 9.59 Å². The lowest BCUT2D eigenvalue weighted by Crippen LogP contribution is -2.45. The predicted molar refractivity (Wildman–Crippen MR) is 104 cm³/mol. The quantitative estimate of drug-likeness (QED) is 0.795. The molecule has 2 rings (SSSR count). The van der Waals surface area contributed by atoms with Gasteiger partial charge in [0.15, 0.2) is 5.78 Å². The Bertz CT molecular complexity index is 801. The maximum atomic E-state index is 12.9. The Hall–Kier alpha value is -2.14. The largest absolute Gasteiger partial charge is 0.340 e. The molecule has 0 aliphatic rings. The van der Waals surface area contributed by atoms with Gasteiger partial charge in [0.1, 0.15) is 5.69 Å². The highest BCUT2D eigenvalue weighted by molar-refractivity contribution is 6.30. The Morgan fingerprint density at radius 1 is 1.15 bits per heavy atom. The van der Waals surface area contributed by atoms with Gasteiger partial charge in [-0.1, -0.05) is 25.4 Å². The van der Waals surface area contributed by atoms with Gasteiger partial charge < -0.3 is 5.32 Å². The van der Waals surface area contributed by atoms with Crippen molar-refractivity contribution in [2.24, 2.45) is 5.92 Å². The summed E-state index contributed by atoms with van der Waals surface area (Å²) >= 11 is 5.89. The van der Waals surface area contributed by atoms with E-state index in [0.717, 1.165) is 5.69 Å². The van der Waals surface area contributed by atoms with Gasteiger partial charge in [-0.25, -0.2) is 0 Å². The van der Waals surface area contributed by atoms with E-state index in [1.807, 2.05) is 41.5 Å². The molecule has 26 heavy (non-hydrogen) atoms. The third-order valence-corrected chi connectivity index (χ3v) is 4.32. The van der Waals surface area contributed by atoms with Crippen LogP contribution in [0.1, 0.15) is 61.2 Å².